The second-order valence-electron chi connectivity index (χ2n) is 2.86. The molecule has 1 atom stereocenters. The highest BCUT2D eigenvalue weighted by atomic mass is 19.1. The molecular formula is C9H10FNO. The summed E-state index contributed by atoms with van der Waals surface area (Å²) < 4.78 is 12.8. The quantitative estimate of drug-likeness (QED) is 0.688. The Morgan fingerprint density at radius 3 is 3.08 bits per heavy atom. The summed E-state index contributed by atoms with van der Waals surface area (Å²) in [4.78, 5) is 4.98. The number of nitrogens with one attached hydrogen (secondary N) is 1. The molecule has 3 heteroatoms. The van der Waals surface area contributed by atoms with Crippen LogP contribution in [0.2, 0.25) is 0 Å². The fourth-order valence-electron chi connectivity index (χ4n) is 1.35. The lowest BCUT2D eigenvalue weighted by Crippen LogP contribution is -2.11. The van der Waals surface area contributed by atoms with Crippen molar-refractivity contribution in [1.29, 1.82) is 0 Å². The molecule has 2 rings (SSSR count). The van der Waals surface area contributed by atoms with Crippen molar-refractivity contribution in [2.45, 2.75) is 12.5 Å². The van der Waals surface area contributed by atoms with Crippen LogP contribution >= 0.6 is 0 Å². The van der Waals surface area contributed by atoms with E-state index in [1.165, 1.54) is 12.1 Å². The van der Waals surface area contributed by atoms with Gasteiger partial charge < -0.3 is 4.84 Å². The molecule has 1 aliphatic heterocycles. The van der Waals surface area contributed by atoms with Gasteiger partial charge in [-0.2, -0.15) is 5.48 Å². The highest BCUT2D eigenvalue weighted by Gasteiger charge is 2.16. The van der Waals surface area contributed by atoms with E-state index in [9.17, 15) is 4.39 Å². The van der Waals surface area contributed by atoms with Crippen LogP contribution in [0.4, 0.5) is 4.39 Å². The van der Waals surface area contributed by atoms with Crippen molar-refractivity contribution in [3.8, 4) is 0 Å². The fraction of sp³-hybridized carbons (Fsp3) is 0.333. The van der Waals surface area contributed by atoms with E-state index < -0.39 is 0 Å². The molecule has 0 spiro atoms. The minimum atomic E-state index is -0.193. The first-order valence-corrected chi connectivity index (χ1v) is 3.99. The minimum absolute atomic E-state index is 0.153. The number of halogens is 1. The van der Waals surface area contributed by atoms with Crippen LogP contribution < -0.4 is 5.48 Å². The predicted molar refractivity (Wildman–Crippen MR) is 42.8 cm³/mol. The van der Waals surface area contributed by atoms with Gasteiger partial charge in [-0.05, 0) is 24.1 Å². The summed E-state index contributed by atoms with van der Waals surface area (Å²) in [5.41, 5.74) is 3.78. The van der Waals surface area contributed by atoms with Crippen LogP contribution in [-0.4, -0.2) is 6.61 Å². The van der Waals surface area contributed by atoms with E-state index in [4.69, 9.17) is 4.84 Å². The van der Waals surface area contributed by atoms with Crippen molar-refractivity contribution in [3.05, 3.63) is 35.6 Å². The first-order chi connectivity index (χ1) is 5.86. The molecule has 1 fully saturated rings. The molecule has 12 heavy (non-hydrogen) atoms. The number of rotatable bonds is 1. The first-order valence-electron chi connectivity index (χ1n) is 3.99. The van der Waals surface area contributed by atoms with Gasteiger partial charge >= 0.3 is 0 Å². The standard InChI is InChI=1S/C9H10FNO/c10-8-3-1-2-7(6-8)9-4-5-12-11-9/h1-3,6,9,11H,4-5H2. The van der Waals surface area contributed by atoms with E-state index in [2.05, 4.69) is 5.48 Å². The Morgan fingerprint density at radius 1 is 1.50 bits per heavy atom. The van der Waals surface area contributed by atoms with Gasteiger partial charge in [0.05, 0.1) is 12.6 Å². The van der Waals surface area contributed by atoms with Gasteiger partial charge in [-0.15, -0.1) is 0 Å². The minimum Gasteiger partial charge on any atom is -0.301 e. The Balaban J connectivity index is 2.21. The maximum absolute atomic E-state index is 12.8. The number of hydrogen-bond donors (Lipinski definition) is 1. The molecule has 1 aromatic rings. The van der Waals surface area contributed by atoms with Gasteiger partial charge in [-0.25, -0.2) is 4.39 Å². The van der Waals surface area contributed by atoms with Gasteiger partial charge in [0.25, 0.3) is 0 Å². The Labute approximate surface area is 70.3 Å². The molecule has 0 aliphatic carbocycles. The molecule has 0 aromatic heterocycles. The summed E-state index contributed by atoms with van der Waals surface area (Å²) >= 11 is 0. The summed E-state index contributed by atoms with van der Waals surface area (Å²) in [5, 5.41) is 0. The molecule has 1 saturated heterocycles. The van der Waals surface area contributed by atoms with Gasteiger partial charge in [-0.1, -0.05) is 12.1 Å². The zero-order chi connectivity index (χ0) is 8.39. The molecule has 0 bridgehead atoms. The largest absolute Gasteiger partial charge is 0.301 e. The lowest BCUT2D eigenvalue weighted by Gasteiger charge is -2.07. The third-order valence-corrected chi connectivity index (χ3v) is 1.99. The topological polar surface area (TPSA) is 21.3 Å². The van der Waals surface area contributed by atoms with Gasteiger partial charge in [0.15, 0.2) is 0 Å². The molecule has 0 amide bonds. The van der Waals surface area contributed by atoms with E-state index in [-0.39, 0.29) is 11.9 Å². The molecule has 1 aliphatic rings. The molecule has 0 saturated carbocycles. The number of hydroxylamine groups is 1. The van der Waals surface area contributed by atoms with Crippen LogP contribution in [0.1, 0.15) is 18.0 Å². The lowest BCUT2D eigenvalue weighted by molar-refractivity contribution is 0.0882. The summed E-state index contributed by atoms with van der Waals surface area (Å²) in [6, 6.07) is 6.74. The van der Waals surface area contributed by atoms with E-state index >= 15 is 0 Å². The second-order valence-corrected chi connectivity index (χ2v) is 2.86. The number of benzene rings is 1. The molecular weight excluding hydrogens is 157 g/mol. The Bertz CT molecular complexity index is 271. The van der Waals surface area contributed by atoms with Crippen LogP contribution in [0, 0.1) is 5.82 Å². The van der Waals surface area contributed by atoms with Crippen molar-refractivity contribution in [2.75, 3.05) is 6.61 Å². The Hall–Kier alpha value is -0.930. The van der Waals surface area contributed by atoms with Crippen molar-refractivity contribution in [1.82, 2.24) is 5.48 Å². The Kier molecular flexibility index (Phi) is 2.06. The van der Waals surface area contributed by atoms with Crippen LogP contribution in [-0.2, 0) is 4.84 Å². The molecule has 0 radical (unpaired) electrons. The van der Waals surface area contributed by atoms with Crippen LogP contribution in [0.5, 0.6) is 0 Å². The predicted octanol–water partition coefficient (Wildman–Crippen LogP) is 1.79. The molecule has 1 N–H and O–H groups in total. The summed E-state index contributed by atoms with van der Waals surface area (Å²) in [7, 11) is 0. The first kappa shape index (κ1) is 7.71. The van der Waals surface area contributed by atoms with Gasteiger partial charge in [0, 0.05) is 0 Å². The van der Waals surface area contributed by atoms with Crippen molar-refractivity contribution < 1.29 is 9.23 Å². The average Bonchev–Trinajstić information content (AvgIpc) is 2.56. The normalized spacial score (nSPS) is 22.9. The second kappa shape index (κ2) is 3.21. The van der Waals surface area contributed by atoms with E-state index in [1.807, 2.05) is 6.07 Å². The zero-order valence-corrected chi connectivity index (χ0v) is 6.59. The van der Waals surface area contributed by atoms with E-state index in [0.29, 0.717) is 6.61 Å². The van der Waals surface area contributed by atoms with Gasteiger partial charge in [0.2, 0.25) is 0 Å². The van der Waals surface area contributed by atoms with E-state index in [1.54, 1.807) is 6.07 Å². The average molecular weight is 167 g/mol. The maximum Gasteiger partial charge on any atom is 0.123 e. The van der Waals surface area contributed by atoms with Crippen molar-refractivity contribution in [2.24, 2.45) is 0 Å². The third kappa shape index (κ3) is 1.47. The smallest absolute Gasteiger partial charge is 0.123 e. The van der Waals surface area contributed by atoms with E-state index in [0.717, 1.165) is 12.0 Å². The monoisotopic (exact) mass is 167 g/mol. The molecule has 2 nitrogen and oxygen atoms in total. The van der Waals surface area contributed by atoms with Crippen LogP contribution in [0.25, 0.3) is 0 Å². The van der Waals surface area contributed by atoms with Crippen LogP contribution in [0.3, 0.4) is 0 Å². The van der Waals surface area contributed by atoms with Crippen molar-refractivity contribution >= 4 is 0 Å². The zero-order valence-electron chi connectivity index (χ0n) is 6.59. The molecule has 1 heterocycles. The highest BCUT2D eigenvalue weighted by Crippen LogP contribution is 2.20. The summed E-state index contributed by atoms with van der Waals surface area (Å²) in [6.45, 7) is 0.696. The van der Waals surface area contributed by atoms with Gasteiger partial charge in [-0.3, -0.25) is 0 Å². The van der Waals surface area contributed by atoms with Crippen molar-refractivity contribution in [3.63, 3.8) is 0 Å². The summed E-state index contributed by atoms with van der Waals surface area (Å²) in [6.07, 6.45) is 0.906. The molecule has 64 valence electrons. The summed E-state index contributed by atoms with van der Waals surface area (Å²) in [5.74, 6) is -0.193. The maximum atomic E-state index is 12.8. The Morgan fingerprint density at radius 2 is 2.42 bits per heavy atom. The lowest BCUT2D eigenvalue weighted by atomic mass is 10.1. The van der Waals surface area contributed by atoms with Crippen LogP contribution in [0.15, 0.2) is 24.3 Å². The SMILES string of the molecule is Fc1cccc(C2CCON2)c1. The highest BCUT2D eigenvalue weighted by molar-refractivity contribution is 5.20. The third-order valence-electron chi connectivity index (χ3n) is 1.99. The molecule has 1 aromatic carbocycles. The fourth-order valence-corrected chi connectivity index (χ4v) is 1.35. The number of hydrogen-bond acceptors (Lipinski definition) is 2. The molecule has 1 unspecified atom stereocenters. The van der Waals surface area contributed by atoms with Gasteiger partial charge in [0.1, 0.15) is 5.82 Å².